The SMILES string of the molecule is Cc1nc(N[C@H](C)c2cccc(C#N)c2C)c2c(n1)N1CCN=C1C(c1ccn(C)c(=O)c1)=C2. The molecule has 0 saturated heterocycles. The van der Waals surface area contributed by atoms with E-state index in [4.69, 9.17) is 15.0 Å². The average molecular weight is 452 g/mol. The molecule has 0 spiro atoms. The number of benzene rings is 1. The largest absolute Gasteiger partial charge is 0.363 e. The molecule has 1 atom stereocenters. The Morgan fingerprint density at radius 3 is 2.79 bits per heavy atom. The predicted molar refractivity (Wildman–Crippen MR) is 134 cm³/mol. The normalized spacial score (nSPS) is 15.1. The van der Waals surface area contributed by atoms with Crippen LogP contribution < -0.4 is 15.8 Å². The van der Waals surface area contributed by atoms with E-state index in [9.17, 15) is 10.1 Å². The summed E-state index contributed by atoms with van der Waals surface area (Å²) >= 11 is 0. The van der Waals surface area contributed by atoms with Crippen molar-refractivity contribution in [3.8, 4) is 6.07 Å². The van der Waals surface area contributed by atoms with Gasteiger partial charge in [-0.3, -0.25) is 9.79 Å². The van der Waals surface area contributed by atoms with Gasteiger partial charge in [0.2, 0.25) is 0 Å². The molecule has 8 nitrogen and oxygen atoms in total. The summed E-state index contributed by atoms with van der Waals surface area (Å²) in [5, 5.41) is 13.0. The molecule has 0 fully saturated rings. The standard InChI is InChI=1S/C26H25N7O/c1-15-19(14-27)6-5-7-20(15)16(2)29-24-22-13-21(18-8-10-32(4)23(34)12-18)25-28-9-11-33(25)26(22)31-17(3)30-24/h5-8,10,12-13,16H,9,11H2,1-4H3,(H,29,30,31)/t16-/m1/s1. The number of nitrogens with one attached hydrogen (secondary N) is 1. The van der Waals surface area contributed by atoms with E-state index >= 15 is 0 Å². The van der Waals surface area contributed by atoms with E-state index in [0.717, 1.165) is 46.0 Å². The number of amidine groups is 1. The second-order valence-electron chi connectivity index (χ2n) is 8.63. The zero-order valence-corrected chi connectivity index (χ0v) is 19.6. The summed E-state index contributed by atoms with van der Waals surface area (Å²) in [7, 11) is 1.74. The van der Waals surface area contributed by atoms with Crippen LogP contribution in [0.2, 0.25) is 0 Å². The second-order valence-corrected chi connectivity index (χ2v) is 8.63. The second kappa shape index (κ2) is 8.27. The summed E-state index contributed by atoms with van der Waals surface area (Å²) in [4.78, 5) is 28.6. The van der Waals surface area contributed by atoms with Crippen LogP contribution in [0.5, 0.6) is 0 Å². The average Bonchev–Trinajstić information content (AvgIpc) is 3.31. The van der Waals surface area contributed by atoms with Gasteiger partial charge in [0.05, 0.1) is 29.8 Å². The Morgan fingerprint density at radius 2 is 2.03 bits per heavy atom. The molecular weight excluding hydrogens is 426 g/mol. The molecule has 0 aliphatic carbocycles. The zero-order valence-electron chi connectivity index (χ0n) is 19.6. The van der Waals surface area contributed by atoms with E-state index in [1.54, 1.807) is 23.9 Å². The fraction of sp³-hybridized carbons (Fsp3) is 0.269. The Morgan fingerprint density at radius 1 is 1.21 bits per heavy atom. The molecule has 34 heavy (non-hydrogen) atoms. The third-order valence-corrected chi connectivity index (χ3v) is 6.39. The molecule has 3 aromatic rings. The summed E-state index contributed by atoms with van der Waals surface area (Å²) in [6, 6.07) is 11.5. The van der Waals surface area contributed by atoms with E-state index < -0.39 is 0 Å². The molecule has 1 aromatic carbocycles. The first-order valence-corrected chi connectivity index (χ1v) is 11.2. The van der Waals surface area contributed by atoms with Crippen molar-refractivity contribution in [3.63, 3.8) is 0 Å². The van der Waals surface area contributed by atoms with Gasteiger partial charge in [-0.15, -0.1) is 0 Å². The number of rotatable bonds is 4. The molecular formula is C26H25N7O. The minimum atomic E-state index is -0.0822. The Hall–Kier alpha value is -4.25. The number of fused-ring (bicyclic) bond motifs is 3. The van der Waals surface area contributed by atoms with Crippen molar-refractivity contribution in [1.29, 1.82) is 5.26 Å². The summed E-state index contributed by atoms with van der Waals surface area (Å²) in [6.45, 7) is 7.29. The molecule has 170 valence electrons. The first-order chi connectivity index (χ1) is 16.4. The van der Waals surface area contributed by atoms with Crippen molar-refractivity contribution in [1.82, 2.24) is 14.5 Å². The summed E-state index contributed by atoms with van der Waals surface area (Å²) in [6.07, 6.45) is 3.80. The molecule has 2 aromatic heterocycles. The van der Waals surface area contributed by atoms with Crippen LogP contribution >= 0.6 is 0 Å². The molecule has 0 bridgehead atoms. The Bertz CT molecular complexity index is 1480. The highest BCUT2D eigenvalue weighted by Gasteiger charge is 2.32. The van der Waals surface area contributed by atoms with Gasteiger partial charge in [-0.1, -0.05) is 12.1 Å². The number of nitrogens with zero attached hydrogens (tertiary/aromatic N) is 6. The molecule has 4 heterocycles. The third kappa shape index (κ3) is 3.55. The first-order valence-electron chi connectivity index (χ1n) is 11.2. The van der Waals surface area contributed by atoms with Gasteiger partial charge in [0.1, 0.15) is 23.3 Å². The smallest absolute Gasteiger partial charge is 0.250 e. The van der Waals surface area contributed by atoms with Gasteiger partial charge in [0.25, 0.3) is 5.56 Å². The number of pyridine rings is 1. The van der Waals surface area contributed by atoms with E-state index in [1.807, 2.05) is 44.2 Å². The van der Waals surface area contributed by atoms with Crippen LogP contribution in [0, 0.1) is 25.2 Å². The Kier molecular flexibility index (Phi) is 5.25. The van der Waals surface area contributed by atoms with Crippen LogP contribution in [0.15, 0.2) is 46.3 Å². The number of anilines is 2. The molecule has 0 unspecified atom stereocenters. The van der Waals surface area contributed by atoms with Crippen molar-refractivity contribution in [2.45, 2.75) is 26.8 Å². The minimum Gasteiger partial charge on any atom is -0.363 e. The van der Waals surface area contributed by atoms with E-state index in [0.29, 0.717) is 23.8 Å². The maximum atomic E-state index is 12.3. The summed E-state index contributed by atoms with van der Waals surface area (Å²) < 4.78 is 1.55. The van der Waals surface area contributed by atoms with Crippen molar-refractivity contribution in [2.75, 3.05) is 23.3 Å². The fourth-order valence-electron chi connectivity index (χ4n) is 4.56. The number of aryl methyl sites for hydroxylation is 2. The predicted octanol–water partition coefficient (Wildman–Crippen LogP) is 3.61. The topological polar surface area (TPSA) is 99.2 Å². The van der Waals surface area contributed by atoms with Crippen LogP contribution in [-0.2, 0) is 7.05 Å². The molecule has 2 aliphatic rings. The number of aliphatic imine (C=N–C) groups is 1. The Balaban J connectivity index is 1.63. The molecule has 2 aliphatic heterocycles. The van der Waals surface area contributed by atoms with Gasteiger partial charge < -0.3 is 14.8 Å². The van der Waals surface area contributed by atoms with Crippen molar-refractivity contribution in [2.24, 2.45) is 12.0 Å². The lowest BCUT2D eigenvalue weighted by molar-refractivity contribution is 0.853. The van der Waals surface area contributed by atoms with Crippen molar-refractivity contribution in [3.05, 3.63) is 80.5 Å². The highest BCUT2D eigenvalue weighted by molar-refractivity contribution is 6.36. The highest BCUT2D eigenvalue weighted by Crippen LogP contribution is 2.38. The van der Waals surface area contributed by atoms with Crippen molar-refractivity contribution >= 4 is 29.1 Å². The fourth-order valence-corrected chi connectivity index (χ4v) is 4.56. The zero-order chi connectivity index (χ0) is 24.0. The maximum absolute atomic E-state index is 12.3. The third-order valence-electron chi connectivity index (χ3n) is 6.39. The van der Waals surface area contributed by atoms with Crippen LogP contribution in [0.25, 0.3) is 11.6 Å². The van der Waals surface area contributed by atoms with Crippen molar-refractivity contribution < 1.29 is 0 Å². The molecule has 5 rings (SSSR count). The van der Waals surface area contributed by atoms with Gasteiger partial charge in [-0.2, -0.15) is 5.26 Å². The molecule has 0 amide bonds. The van der Waals surface area contributed by atoms with E-state index in [-0.39, 0.29) is 11.6 Å². The lowest BCUT2D eigenvalue weighted by Crippen LogP contribution is -2.33. The van der Waals surface area contributed by atoms with Gasteiger partial charge in [-0.05, 0) is 55.7 Å². The lowest BCUT2D eigenvalue weighted by atomic mass is 9.97. The van der Waals surface area contributed by atoms with Gasteiger partial charge in [0, 0.05) is 31.4 Å². The highest BCUT2D eigenvalue weighted by atomic mass is 16.1. The monoisotopic (exact) mass is 451 g/mol. The summed E-state index contributed by atoms with van der Waals surface area (Å²) in [5.41, 5.74) is 5.15. The van der Waals surface area contributed by atoms with E-state index in [1.165, 1.54) is 0 Å². The molecule has 0 saturated carbocycles. The first kappa shape index (κ1) is 21.6. The number of nitriles is 1. The number of aromatic nitrogens is 3. The minimum absolute atomic E-state index is 0.0747. The van der Waals surface area contributed by atoms with Gasteiger partial charge >= 0.3 is 0 Å². The van der Waals surface area contributed by atoms with Crippen LogP contribution in [0.1, 0.15) is 46.6 Å². The van der Waals surface area contributed by atoms with Crippen LogP contribution in [0.3, 0.4) is 0 Å². The molecule has 1 N–H and O–H groups in total. The summed E-state index contributed by atoms with van der Waals surface area (Å²) in [5.74, 6) is 3.01. The lowest BCUT2D eigenvalue weighted by Gasteiger charge is -2.29. The van der Waals surface area contributed by atoms with Crippen LogP contribution in [0.4, 0.5) is 11.6 Å². The molecule has 0 radical (unpaired) electrons. The number of hydrogen-bond donors (Lipinski definition) is 1. The maximum Gasteiger partial charge on any atom is 0.250 e. The van der Waals surface area contributed by atoms with Gasteiger partial charge in [0.15, 0.2) is 0 Å². The Labute approximate surface area is 197 Å². The van der Waals surface area contributed by atoms with Gasteiger partial charge in [-0.25, -0.2) is 9.97 Å². The quantitative estimate of drug-likeness (QED) is 0.651. The van der Waals surface area contributed by atoms with E-state index in [2.05, 4.69) is 23.2 Å². The van der Waals surface area contributed by atoms with Crippen LogP contribution in [-0.4, -0.2) is 33.5 Å². The number of hydrogen-bond acceptors (Lipinski definition) is 7. The molecule has 8 heteroatoms.